The van der Waals surface area contributed by atoms with E-state index in [-0.39, 0.29) is 30.7 Å². The van der Waals surface area contributed by atoms with Crippen molar-refractivity contribution in [3.05, 3.63) is 29.8 Å². The van der Waals surface area contributed by atoms with Gasteiger partial charge >= 0.3 is 5.97 Å². The molecule has 22 heavy (non-hydrogen) atoms. The van der Waals surface area contributed by atoms with E-state index in [1.807, 2.05) is 6.92 Å². The summed E-state index contributed by atoms with van der Waals surface area (Å²) in [6, 6.07) is 7.13. The van der Waals surface area contributed by atoms with Gasteiger partial charge in [-0.2, -0.15) is 0 Å². The number of carbonyl (C=O) groups is 2. The number of rotatable bonds is 10. The molecule has 0 saturated carbocycles. The van der Waals surface area contributed by atoms with E-state index in [1.165, 1.54) is 0 Å². The summed E-state index contributed by atoms with van der Waals surface area (Å²) in [5.41, 5.74) is 0.650. The number of Topliss-reactive ketones (excluding diaryl/α,β-unsaturated/α-hetero) is 1. The molecule has 1 aromatic carbocycles. The standard InChI is InChI=1S/C16H23NO4.ClH/c1-3-11-21-14-7-5-13(6-8-14)15(18)9-10-17-12-16(19)20-4-2;/h5-8,17H,3-4,9-12H2,1-2H3;1H. The maximum Gasteiger partial charge on any atom is 0.319 e. The Balaban J connectivity index is 0.00000441. The Kier molecular flexibility index (Phi) is 11.1. The van der Waals surface area contributed by atoms with E-state index in [0.717, 1.165) is 12.2 Å². The van der Waals surface area contributed by atoms with E-state index in [9.17, 15) is 9.59 Å². The van der Waals surface area contributed by atoms with Gasteiger partial charge in [0.05, 0.1) is 19.8 Å². The Bertz CT molecular complexity index is 448. The third-order valence-corrected chi connectivity index (χ3v) is 2.75. The first-order valence-electron chi connectivity index (χ1n) is 7.29. The van der Waals surface area contributed by atoms with E-state index >= 15 is 0 Å². The Morgan fingerprint density at radius 1 is 1.14 bits per heavy atom. The molecular weight excluding hydrogens is 306 g/mol. The van der Waals surface area contributed by atoms with Gasteiger partial charge in [-0.3, -0.25) is 9.59 Å². The summed E-state index contributed by atoms with van der Waals surface area (Å²) in [6.07, 6.45) is 1.29. The lowest BCUT2D eigenvalue weighted by Crippen LogP contribution is -2.26. The van der Waals surface area contributed by atoms with Gasteiger partial charge in [0.1, 0.15) is 5.75 Å². The summed E-state index contributed by atoms with van der Waals surface area (Å²) in [6.45, 7) is 5.42. The lowest BCUT2D eigenvalue weighted by atomic mass is 10.1. The molecule has 0 heterocycles. The zero-order chi connectivity index (χ0) is 15.5. The quantitative estimate of drug-likeness (QED) is 0.406. The Morgan fingerprint density at radius 3 is 2.41 bits per heavy atom. The van der Waals surface area contributed by atoms with Crippen LogP contribution in [0, 0.1) is 0 Å². The van der Waals surface area contributed by atoms with Crippen molar-refractivity contribution in [2.75, 3.05) is 26.3 Å². The molecule has 1 aromatic rings. The monoisotopic (exact) mass is 329 g/mol. The molecule has 0 radical (unpaired) electrons. The number of hydrogen-bond acceptors (Lipinski definition) is 5. The molecule has 0 unspecified atom stereocenters. The van der Waals surface area contributed by atoms with Gasteiger partial charge in [0, 0.05) is 18.5 Å². The van der Waals surface area contributed by atoms with Crippen LogP contribution in [0.4, 0.5) is 0 Å². The molecule has 0 aliphatic carbocycles. The van der Waals surface area contributed by atoms with Crippen LogP contribution in [0.5, 0.6) is 5.75 Å². The number of benzene rings is 1. The normalized spacial score (nSPS) is 9.73. The van der Waals surface area contributed by atoms with Gasteiger partial charge in [0.2, 0.25) is 0 Å². The molecule has 0 aliphatic rings. The molecular formula is C16H24ClNO4. The van der Waals surface area contributed by atoms with Crippen LogP contribution in [0.25, 0.3) is 0 Å². The Labute approximate surface area is 137 Å². The highest BCUT2D eigenvalue weighted by atomic mass is 35.5. The van der Waals surface area contributed by atoms with Gasteiger partial charge in [-0.15, -0.1) is 12.4 Å². The van der Waals surface area contributed by atoms with Crippen LogP contribution < -0.4 is 10.1 Å². The first kappa shape index (κ1) is 20.4. The van der Waals surface area contributed by atoms with Crippen LogP contribution in [0.1, 0.15) is 37.0 Å². The van der Waals surface area contributed by atoms with Gasteiger partial charge in [-0.1, -0.05) is 6.92 Å². The minimum absolute atomic E-state index is 0. The van der Waals surface area contributed by atoms with Crippen LogP contribution in [-0.4, -0.2) is 38.1 Å². The number of halogens is 1. The maximum atomic E-state index is 11.9. The van der Waals surface area contributed by atoms with E-state index < -0.39 is 0 Å². The second kappa shape index (κ2) is 12.0. The smallest absolute Gasteiger partial charge is 0.319 e. The number of ketones is 1. The number of carbonyl (C=O) groups excluding carboxylic acids is 2. The fourth-order valence-corrected chi connectivity index (χ4v) is 1.71. The van der Waals surface area contributed by atoms with Gasteiger partial charge < -0.3 is 14.8 Å². The zero-order valence-corrected chi connectivity index (χ0v) is 13.9. The van der Waals surface area contributed by atoms with Crippen molar-refractivity contribution in [1.82, 2.24) is 5.32 Å². The highest BCUT2D eigenvalue weighted by molar-refractivity contribution is 5.96. The molecule has 0 bridgehead atoms. The average Bonchev–Trinajstić information content (AvgIpc) is 2.50. The first-order chi connectivity index (χ1) is 10.2. The topological polar surface area (TPSA) is 64.6 Å². The molecule has 1 N–H and O–H groups in total. The average molecular weight is 330 g/mol. The van der Waals surface area contributed by atoms with Gasteiger partial charge in [-0.25, -0.2) is 0 Å². The molecule has 6 heteroatoms. The lowest BCUT2D eigenvalue weighted by molar-refractivity contribution is -0.141. The summed E-state index contributed by atoms with van der Waals surface area (Å²) in [7, 11) is 0. The highest BCUT2D eigenvalue weighted by Gasteiger charge is 2.07. The van der Waals surface area contributed by atoms with Gasteiger partial charge in [-0.05, 0) is 37.6 Å². The fourth-order valence-electron chi connectivity index (χ4n) is 1.71. The minimum atomic E-state index is -0.303. The number of ether oxygens (including phenoxy) is 2. The molecule has 1 rings (SSSR count). The van der Waals surface area contributed by atoms with Crippen molar-refractivity contribution in [3.63, 3.8) is 0 Å². The molecule has 0 aliphatic heterocycles. The van der Waals surface area contributed by atoms with Crippen molar-refractivity contribution in [3.8, 4) is 5.75 Å². The molecule has 0 saturated heterocycles. The van der Waals surface area contributed by atoms with E-state index in [1.54, 1.807) is 31.2 Å². The van der Waals surface area contributed by atoms with Crippen LogP contribution in [0.15, 0.2) is 24.3 Å². The second-order valence-electron chi connectivity index (χ2n) is 4.53. The van der Waals surface area contributed by atoms with Crippen molar-refractivity contribution in [1.29, 1.82) is 0 Å². The molecule has 0 aromatic heterocycles. The summed E-state index contributed by atoms with van der Waals surface area (Å²) in [5, 5.41) is 2.89. The number of hydrogen-bond donors (Lipinski definition) is 1. The summed E-state index contributed by atoms with van der Waals surface area (Å²) < 4.78 is 10.2. The first-order valence-corrected chi connectivity index (χ1v) is 7.29. The zero-order valence-electron chi connectivity index (χ0n) is 13.1. The Hall–Kier alpha value is -1.59. The molecule has 124 valence electrons. The van der Waals surface area contributed by atoms with E-state index in [0.29, 0.717) is 31.7 Å². The SMILES string of the molecule is CCCOc1ccc(C(=O)CCNCC(=O)OCC)cc1.Cl. The van der Waals surface area contributed by atoms with Gasteiger partial charge in [0.15, 0.2) is 5.78 Å². The van der Waals surface area contributed by atoms with Crippen LogP contribution in [0.2, 0.25) is 0 Å². The maximum absolute atomic E-state index is 11.9. The Morgan fingerprint density at radius 2 is 1.82 bits per heavy atom. The van der Waals surface area contributed by atoms with Crippen LogP contribution >= 0.6 is 12.4 Å². The van der Waals surface area contributed by atoms with E-state index in [4.69, 9.17) is 9.47 Å². The predicted molar refractivity (Wildman–Crippen MR) is 87.9 cm³/mol. The summed E-state index contributed by atoms with van der Waals surface area (Å²) >= 11 is 0. The molecule has 5 nitrogen and oxygen atoms in total. The third-order valence-electron chi connectivity index (χ3n) is 2.75. The summed E-state index contributed by atoms with van der Waals surface area (Å²) in [5.74, 6) is 0.504. The summed E-state index contributed by atoms with van der Waals surface area (Å²) in [4.78, 5) is 23.0. The van der Waals surface area contributed by atoms with E-state index in [2.05, 4.69) is 5.32 Å². The highest BCUT2D eigenvalue weighted by Crippen LogP contribution is 2.13. The molecule has 0 spiro atoms. The fraction of sp³-hybridized carbons (Fsp3) is 0.500. The lowest BCUT2D eigenvalue weighted by Gasteiger charge is -2.06. The van der Waals surface area contributed by atoms with Gasteiger partial charge in [0.25, 0.3) is 0 Å². The van der Waals surface area contributed by atoms with Crippen molar-refractivity contribution >= 4 is 24.2 Å². The van der Waals surface area contributed by atoms with Crippen molar-refractivity contribution in [2.24, 2.45) is 0 Å². The van der Waals surface area contributed by atoms with Crippen molar-refractivity contribution < 1.29 is 19.1 Å². The molecule has 0 atom stereocenters. The third kappa shape index (κ3) is 8.00. The number of nitrogens with one attached hydrogen (secondary N) is 1. The predicted octanol–water partition coefficient (Wildman–Crippen LogP) is 2.62. The molecule has 0 amide bonds. The van der Waals surface area contributed by atoms with Crippen LogP contribution in [0.3, 0.4) is 0 Å². The number of esters is 1. The second-order valence-corrected chi connectivity index (χ2v) is 4.53. The molecule has 0 fully saturated rings. The van der Waals surface area contributed by atoms with Crippen molar-refractivity contribution in [2.45, 2.75) is 26.7 Å². The minimum Gasteiger partial charge on any atom is -0.494 e. The largest absolute Gasteiger partial charge is 0.494 e. The van der Waals surface area contributed by atoms with Crippen LogP contribution in [-0.2, 0) is 9.53 Å².